The van der Waals surface area contributed by atoms with E-state index in [1.165, 1.54) is 32.4 Å². The smallest absolute Gasteiger partial charge is 0.0672 e. The van der Waals surface area contributed by atoms with Crippen molar-refractivity contribution in [2.75, 3.05) is 13.1 Å². The second-order valence-electron chi connectivity index (χ2n) is 5.30. The van der Waals surface area contributed by atoms with Crippen LogP contribution >= 0.6 is 11.8 Å². The molecule has 0 aromatic heterocycles. The van der Waals surface area contributed by atoms with Gasteiger partial charge in [0.1, 0.15) is 0 Å². The van der Waals surface area contributed by atoms with Gasteiger partial charge in [-0.15, -0.1) is 0 Å². The van der Waals surface area contributed by atoms with Gasteiger partial charge in [-0.05, 0) is 12.8 Å². The Hall–Kier alpha value is -0.200. The fourth-order valence-electron chi connectivity index (χ4n) is 3.19. The van der Waals surface area contributed by atoms with Gasteiger partial charge in [0.15, 0.2) is 0 Å². The Bertz CT molecular complexity index is 264. The molecule has 1 saturated carbocycles. The molecule has 1 heterocycles. The van der Waals surface area contributed by atoms with Gasteiger partial charge in [-0.3, -0.25) is 4.90 Å². The topological polar surface area (TPSA) is 27.0 Å². The van der Waals surface area contributed by atoms with E-state index in [4.69, 9.17) is 0 Å². The second kappa shape index (κ2) is 5.42. The van der Waals surface area contributed by atoms with E-state index in [9.17, 15) is 5.26 Å². The van der Waals surface area contributed by atoms with Crippen LogP contribution < -0.4 is 0 Å². The van der Waals surface area contributed by atoms with Crippen LogP contribution in [-0.2, 0) is 0 Å². The SMILES string of the molecule is CC1CN(C2CCCCC2C#N)CC(C)S1. The van der Waals surface area contributed by atoms with Gasteiger partial charge in [-0.1, -0.05) is 26.7 Å². The molecule has 4 unspecified atom stereocenters. The summed E-state index contributed by atoms with van der Waals surface area (Å²) in [7, 11) is 0. The third kappa shape index (κ3) is 2.73. The van der Waals surface area contributed by atoms with Gasteiger partial charge >= 0.3 is 0 Å². The van der Waals surface area contributed by atoms with E-state index >= 15 is 0 Å². The first-order valence-electron chi connectivity index (χ1n) is 6.50. The highest BCUT2D eigenvalue weighted by atomic mass is 32.2. The molecule has 0 spiro atoms. The lowest BCUT2D eigenvalue weighted by molar-refractivity contribution is 0.125. The maximum atomic E-state index is 9.24. The minimum Gasteiger partial charge on any atom is -0.297 e. The molecular formula is C13H22N2S. The number of hydrogen-bond donors (Lipinski definition) is 0. The summed E-state index contributed by atoms with van der Waals surface area (Å²) in [6.07, 6.45) is 4.92. The molecule has 1 aliphatic carbocycles. The number of nitrogens with zero attached hydrogens (tertiary/aromatic N) is 2. The first-order valence-corrected chi connectivity index (χ1v) is 7.44. The Morgan fingerprint density at radius 2 is 1.75 bits per heavy atom. The molecule has 0 radical (unpaired) electrons. The molecular weight excluding hydrogens is 216 g/mol. The van der Waals surface area contributed by atoms with E-state index in [1.54, 1.807) is 0 Å². The van der Waals surface area contributed by atoms with Crippen molar-refractivity contribution < 1.29 is 0 Å². The van der Waals surface area contributed by atoms with Crippen LogP contribution in [0.3, 0.4) is 0 Å². The van der Waals surface area contributed by atoms with Crippen LogP contribution in [0.4, 0.5) is 0 Å². The van der Waals surface area contributed by atoms with Crippen LogP contribution in [0.15, 0.2) is 0 Å². The molecule has 16 heavy (non-hydrogen) atoms. The molecule has 0 aromatic rings. The minimum absolute atomic E-state index is 0.288. The third-order valence-electron chi connectivity index (χ3n) is 3.81. The Balaban J connectivity index is 2.01. The zero-order valence-corrected chi connectivity index (χ0v) is 11.2. The van der Waals surface area contributed by atoms with E-state index in [1.807, 2.05) is 0 Å². The molecule has 1 saturated heterocycles. The second-order valence-corrected chi connectivity index (χ2v) is 7.18. The maximum absolute atomic E-state index is 9.24. The molecule has 2 rings (SSSR count). The first-order chi connectivity index (χ1) is 7.70. The van der Waals surface area contributed by atoms with Crippen LogP contribution in [0.5, 0.6) is 0 Å². The normalized spacial score (nSPS) is 41.6. The first kappa shape index (κ1) is 12.3. The lowest BCUT2D eigenvalue weighted by Gasteiger charge is -2.43. The molecule has 90 valence electrons. The van der Waals surface area contributed by atoms with E-state index in [-0.39, 0.29) is 5.92 Å². The molecule has 3 heteroatoms. The van der Waals surface area contributed by atoms with Gasteiger partial charge in [-0.25, -0.2) is 0 Å². The van der Waals surface area contributed by atoms with Crippen LogP contribution in [0.1, 0.15) is 39.5 Å². The molecule has 2 aliphatic rings. The standard InChI is InChI=1S/C13H22N2S/c1-10-8-15(9-11(2)16-10)13-6-4-3-5-12(13)7-14/h10-13H,3-6,8-9H2,1-2H3. The lowest BCUT2D eigenvalue weighted by Crippen LogP contribution is -2.50. The fraction of sp³-hybridized carbons (Fsp3) is 0.923. The summed E-state index contributed by atoms with van der Waals surface area (Å²) in [5.41, 5.74) is 0. The Morgan fingerprint density at radius 1 is 1.12 bits per heavy atom. The average Bonchev–Trinajstić information content (AvgIpc) is 2.27. The van der Waals surface area contributed by atoms with Crippen molar-refractivity contribution in [2.45, 2.75) is 56.1 Å². The predicted octanol–water partition coefficient (Wildman–Crippen LogP) is 2.89. The summed E-state index contributed by atoms with van der Waals surface area (Å²) < 4.78 is 0. The van der Waals surface area contributed by atoms with Gasteiger partial charge < -0.3 is 0 Å². The van der Waals surface area contributed by atoms with Crippen molar-refractivity contribution in [2.24, 2.45) is 5.92 Å². The Kier molecular flexibility index (Phi) is 4.16. The highest BCUT2D eigenvalue weighted by Crippen LogP contribution is 2.33. The van der Waals surface area contributed by atoms with Gasteiger partial charge in [0.25, 0.3) is 0 Å². The zero-order valence-electron chi connectivity index (χ0n) is 10.4. The Morgan fingerprint density at radius 3 is 2.38 bits per heavy atom. The van der Waals surface area contributed by atoms with Crippen molar-refractivity contribution in [3.8, 4) is 6.07 Å². The van der Waals surface area contributed by atoms with Crippen LogP contribution in [0, 0.1) is 17.2 Å². The summed E-state index contributed by atoms with van der Waals surface area (Å²) in [6.45, 7) is 6.99. The monoisotopic (exact) mass is 238 g/mol. The largest absolute Gasteiger partial charge is 0.297 e. The Labute approximate surface area is 103 Å². The van der Waals surface area contributed by atoms with E-state index in [0.717, 1.165) is 16.9 Å². The van der Waals surface area contributed by atoms with E-state index < -0.39 is 0 Å². The molecule has 2 fully saturated rings. The number of thioether (sulfide) groups is 1. The van der Waals surface area contributed by atoms with Crippen LogP contribution in [0.25, 0.3) is 0 Å². The summed E-state index contributed by atoms with van der Waals surface area (Å²) in [6, 6.07) is 3.08. The summed E-state index contributed by atoms with van der Waals surface area (Å²) in [4.78, 5) is 2.60. The van der Waals surface area contributed by atoms with Crippen LogP contribution in [0.2, 0.25) is 0 Å². The van der Waals surface area contributed by atoms with Crippen molar-refractivity contribution in [1.29, 1.82) is 5.26 Å². The van der Waals surface area contributed by atoms with Gasteiger partial charge in [0, 0.05) is 29.6 Å². The predicted molar refractivity (Wildman–Crippen MR) is 69.4 cm³/mol. The molecule has 0 N–H and O–H groups in total. The number of hydrogen-bond acceptors (Lipinski definition) is 3. The summed E-state index contributed by atoms with van der Waals surface area (Å²) in [5.74, 6) is 0.288. The summed E-state index contributed by atoms with van der Waals surface area (Å²) in [5, 5.41) is 10.7. The molecule has 0 amide bonds. The van der Waals surface area contributed by atoms with Crippen LogP contribution in [-0.4, -0.2) is 34.5 Å². The summed E-state index contributed by atoms with van der Waals surface area (Å²) >= 11 is 2.09. The van der Waals surface area contributed by atoms with Crippen molar-refractivity contribution in [1.82, 2.24) is 4.90 Å². The molecule has 1 aliphatic heterocycles. The van der Waals surface area contributed by atoms with Crippen molar-refractivity contribution in [3.63, 3.8) is 0 Å². The third-order valence-corrected chi connectivity index (χ3v) is 5.04. The quantitative estimate of drug-likeness (QED) is 0.703. The van der Waals surface area contributed by atoms with E-state index in [2.05, 4.69) is 36.6 Å². The minimum atomic E-state index is 0.288. The molecule has 4 atom stereocenters. The van der Waals surface area contributed by atoms with Gasteiger partial charge in [0.2, 0.25) is 0 Å². The van der Waals surface area contributed by atoms with E-state index in [0.29, 0.717) is 6.04 Å². The van der Waals surface area contributed by atoms with Crippen molar-refractivity contribution in [3.05, 3.63) is 0 Å². The fourth-order valence-corrected chi connectivity index (χ4v) is 4.54. The molecule has 0 bridgehead atoms. The zero-order chi connectivity index (χ0) is 11.5. The van der Waals surface area contributed by atoms with Gasteiger partial charge in [-0.2, -0.15) is 17.0 Å². The maximum Gasteiger partial charge on any atom is 0.0672 e. The van der Waals surface area contributed by atoms with Gasteiger partial charge in [0.05, 0.1) is 12.0 Å². The number of nitriles is 1. The van der Waals surface area contributed by atoms with Crippen molar-refractivity contribution >= 4 is 11.8 Å². The molecule has 2 nitrogen and oxygen atoms in total. The highest BCUT2D eigenvalue weighted by molar-refractivity contribution is 8.00. The average molecular weight is 238 g/mol. The number of rotatable bonds is 1. The lowest BCUT2D eigenvalue weighted by atomic mass is 9.84. The highest BCUT2D eigenvalue weighted by Gasteiger charge is 2.34. The molecule has 0 aromatic carbocycles.